The highest BCUT2D eigenvalue weighted by atomic mass is 16.6. The van der Waals surface area contributed by atoms with Gasteiger partial charge in [0.15, 0.2) is 13.2 Å². The molecule has 2 aromatic carbocycles. The smallest absolute Gasteiger partial charge is 0.344 e. The van der Waals surface area contributed by atoms with Crippen molar-refractivity contribution in [1.82, 2.24) is 5.32 Å². The van der Waals surface area contributed by atoms with Crippen LogP contribution in [-0.4, -0.2) is 31.1 Å². The van der Waals surface area contributed by atoms with Crippen molar-refractivity contribution < 1.29 is 19.1 Å². The summed E-state index contributed by atoms with van der Waals surface area (Å²) < 4.78 is 10.5. The molecule has 1 N–H and O–H groups in total. The number of carbonyl (C=O) groups excluding carboxylic acids is 2. The maximum atomic E-state index is 11.7. The lowest BCUT2D eigenvalue weighted by Crippen LogP contribution is -2.36. The van der Waals surface area contributed by atoms with Gasteiger partial charge in [-0.3, -0.25) is 4.79 Å². The van der Waals surface area contributed by atoms with Crippen LogP contribution in [0.2, 0.25) is 0 Å². The SMILES string of the molecule is CCC[C@@H](C)NC(=O)COC(=O)COc1cccc2ccccc12. The molecule has 1 amide bonds. The quantitative estimate of drug-likeness (QED) is 0.756. The number of amides is 1. The molecule has 0 fully saturated rings. The highest BCUT2D eigenvalue weighted by molar-refractivity contribution is 5.88. The molecular formula is C19H23NO4. The van der Waals surface area contributed by atoms with Crippen LogP contribution in [0.25, 0.3) is 10.8 Å². The first kappa shape index (κ1) is 17.8. The fraction of sp³-hybridized carbons (Fsp3) is 0.368. The molecule has 0 saturated heterocycles. The van der Waals surface area contributed by atoms with E-state index in [4.69, 9.17) is 9.47 Å². The minimum Gasteiger partial charge on any atom is -0.481 e. The molecule has 128 valence electrons. The Labute approximate surface area is 141 Å². The molecule has 5 nitrogen and oxygen atoms in total. The Morgan fingerprint density at radius 2 is 1.83 bits per heavy atom. The molecule has 2 rings (SSSR count). The zero-order chi connectivity index (χ0) is 17.4. The van der Waals surface area contributed by atoms with Crippen molar-refractivity contribution in [3.63, 3.8) is 0 Å². The van der Waals surface area contributed by atoms with Gasteiger partial charge in [-0.25, -0.2) is 4.79 Å². The van der Waals surface area contributed by atoms with Gasteiger partial charge in [0.05, 0.1) is 0 Å². The van der Waals surface area contributed by atoms with Crippen molar-refractivity contribution >= 4 is 22.6 Å². The van der Waals surface area contributed by atoms with Gasteiger partial charge in [0.2, 0.25) is 0 Å². The van der Waals surface area contributed by atoms with Crippen LogP contribution in [0.4, 0.5) is 0 Å². The highest BCUT2D eigenvalue weighted by Gasteiger charge is 2.11. The van der Waals surface area contributed by atoms with Gasteiger partial charge in [0.25, 0.3) is 5.91 Å². The Bertz CT molecular complexity index is 693. The monoisotopic (exact) mass is 329 g/mol. The van der Waals surface area contributed by atoms with Crippen LogP contribution in [0.15, 0.2) is 42.5 Å². The Hall–Kier alpha value is -2.56. The largest absolute Gasteiger partial charge is 0.481 e. The van der Waals surface area contributed by atoms with Gasteiger partial charge in [0, 0.05) is 11.4 Å². The molecule has 0 bridgehead atoms. The zero-order valence-corrected chi connectivity index (χ0v) is 14.1. The lowest BCUT2D eigenvalue weighted by atomic mass is 10.1. The van der Waals surface area contributed by atoms with Crippen LogP contribution in [0, 0.1) is 0 Å². The third kappa shape index (κ3) is 5.26. The summed E-state index contributed by atoms with van der Waals surface area (Å²) in [6.07, 6.45) is 1.88. The zero-order valence-electron chi connectivity index (χ0n) is 14.1. The van der Waals surface area contributed by atoms with Gasteiger partial charge in [-0.15, -0.1) is 0 Å². The van der Waals surface area contributed by atoms with E-state index in [0.717, 1.165) is 23.6 Å². The summed E-state index contributed by atoms with van der Waals surface area (Å²) >= 11 is 0. The van der Waals surface area contributed by atoms with Crippen molar-refractivity contribution in [1.29, 1.82) is 0 Å². The number of fused-ring (bicyclic) bond motifs is 1. The second-order valence-electron chi connectivity index (χ2n) is 5.68. The Morgan fingerprint density at radius 1 is 1.08 bits per heavy atom. The maximum absolute atomic E-state index is 11.7. The van der Waals surface area contributed by atoms with Gasteiger partial charge >= 0.3 is 5.97 Å². The summed E-state index contributed by atoms with van der Waals surface area (Å²) in [5.74, 6) is -0.248. The summed E-state index contributed by atoms with van der Waals surface area (Å²) in [5, 5.41) is 4.74. The maximum Gasteiger partial charge on any atom is 0.344 e. The first-order chi connectivity index (χ1) is 11.6. The van der Waals surface area contributed by atoms with Gasteiger partial charge in [-0.2, -0.15) is 0 Å². The normalized spacial score (nSPS) is 11.8. The average Bonchev–Trinajstić information content (AvgIpc) is 2.58. The van der Waals surface area contributed by atoms with Crippen molar-refractivity contribution in [2.75, 3.05) is 13.2 Å². The van der Waals surface area contributed by atoms with E-state index in [0.29, 0.717) is 5.75 Å². The van der Waals surface area contributed by atoms with Crippen molar-refractivity contribution in [3.8, 4) is 5.75 Å². The minimum atomic E-state index is -0.568. The number of benzene rings is 2. The van der Waals surface area contributed by atoms with E-state index in [9.17, 15) is 9.59 Å². The molecule has 0 aliphatic heterocycles. The van der Waals surface area contributed by atoms with Crippen molar-refractivity contribution in [2.24, 2.45) is 0 Å². The Kier molecular flexibility index (Phi) is 6.61. The van der Waals surface area contributed by atoms with Crippen molar-refractivity contribution in [2.45, 2.75) is 32.7 Å². The molecule has 0 saturated carbocycles. The molecule has 0 aliphatic carbocycles. The lowest BCUT2D eigenvalue weighted by molar-refractivity contribution is -0.150. The van der Waals surface area contributed by atoms with Crippen LogP contribution in [0.1, 0.15) is 26.7 Å². The van der Waals surface area contributed by atoms with E-state index in [1.807, 2.05) is 50.2 Å². The first-order valence-corrected chi connectivity index (χ1v) is 8.15. The van der Waals surface area contributed by atoms with Crippen molar-refractivity contribution in [3.05, 3.63) is 42.5 Å². The molecule has 0 radical (unpaired) electrons. The third-order valence-electron chi connectivity index (χ3n) is 3.59. The van der Waals surface area contributed by atoms with Gasteiger partial charge in [0.1, 0.15) is 5.75 Å². The second kappa shape index (κ2) is 8.91. The van der Waals surface area contributed by atoms with Crippen LogP contribution in [0.5, 0.6) is 5.75 Å². The Morgan fingerprint density at radius 3 is 2.62 bits per heavy atom. The standard InChI is InChI=1S/C19H23NO4/c1-3-7-14(2)20-18(21)12-24-19(22)13-23-17-11-6-9-15-8-4-5-10-16(15)17/h4-6,8-11,14H,3,7,12-13H2,1-2H3,(H,20,21)/t14-/m1/s1. The first-order valence-electron chi connectivity index (χ1n) is 8.15. The molecule has 0 aliphatic rings. The van der Waals surface area contributed by atoms with Gasteiger partial charge in [-0.1, -0.05) is 49.7 Å². The molecule has 5 heteroatoms. The van der Waals surface area contributed by atoms with Gasteiger partial charge in [-0.05, 0) is 24.8 Å². The molecule has 1 atom stereocenters. The van der Waals surface area contributed by atoms with Crippen LogP contribution < -0.4 is 10.1 Å². The number of ether oxygens (including phenoxy) is 2. The number of esters is 1. The molecule has 0 aromatic heterocycles. The van der Waals surface area contributed by atoms with E-state index in [-0.39, 0.29) is 25.2 Å². The summed E-state index contributed by atoms with van der Waals surface area (Å²) in [6, 6.07) is 13.5. The van der Waals surface area contributed by atoms with E-state index >= 15 is 0 Å². The summed E-state index contributed by atoms with van der Waals surface area (Å²) in [7, 11) is 0. The number of rotatable bonds is 8. The van der Waals surface area contributed by atoms with E-state index in [1.165, 1.54) is 0 Å². The lowest BCUT2D eigenvalue weighted by Gasteiger charge is -2.13. The summed E-state index contributed by atoms with van der Waals surface area (Å²) in [4.78, 5) is 23.4. The highest BCUT2D eigenvalue weighted by Crippen LogP contribution is 2.24. The van der Waals surface area contributed by atoms with E-state index in [1.54, 1.807) is 6.07 Å². The average molecular weight is 329 g/mol. The Balaban J connectivity index is 1.80. The van der Waals surface area contributed by atoms with E-state index in [2.05, 4.69) is 5.32 Å². The van der Waals surface area contributed by atoms with E-state index < -0.39 is 5.97 Å². The fourth-order valence-electron chi connectivity index (χ4n) is 2.47. The fourth-order valence-corrected chi connectivity index (χ4v) is 2.47. The van der Waals surface area contributed by atoms with Crippen LogP contribution in [-0.2, 0) is 14.3 Å². The molecule has 0 spiro atoms. The summed E-state index contributed by atoms with van der Waals surface area (Å²) in [5.41, 5.74) is 0. The predicted molar refractivity (Wildman–Crippen MR) is 92.9 cm³/mol. The molecule has 2 aromatic rings. The number of carbonyl (C=O) groups is 2. The minimum absolute atomic E-state index is 0.0770. The second-order valence-corrected chi connectivity index (χ2v) is 5.68. The molecular weight excluding hydrogens is 306 g/mol. The number of nitrogens with one attached hydrogen (secondary N) is 1. The predicted octanol–water partition coefficient (Wildman–Crippen LogP) is 3.07. The molecule has 0 unspecified atom stereocenters. The number of hydrogen-bond donors (Lipinski definition) is 1. The third-order valence-corrected chi connectivity index (χ3v) is 3.59. The molecule has 0 heterocycles. The molecule has 24 heavy (non-hydrogen) atoms. The van der Waals surface area contributed by atoms with Gasteiger partial charge < -0.3 is 14.8 Å². The van der Waals surface area contributed by atoms with Crippen LogP contribution >= 0.6 is 0 Å². The summed E-state index contributed by atoms with van der Waals surface area (Å²) in [6.45, 7) is 3.46. The van der Waals surface area contributed by atoms with Crippen LogP contribution in [0.3, 0.4) is 0 Å². The topological polar surface area (TPSA) is 64.6 Å². The number of hydrogen-bond acceptors (Lipinski definition) is 4.